The number of rotatable bonds is 6. The average molecular weight is 325 g/mol. The van der Waals surface area contributed by atoms with E-state index < -0.39 is 17.8 Å². The van der Waals surface area contributed by atoms with Crippen molar-refractivity contribution >= 4 is 23.5 Å². The minimum Gasteiger partial charge on any atom is -0.336 e. The molecule has 0 bridgehead atoms. The highest BCUT2D eigenvalue weighted by molar-refractivity contribution is 5.95. The molecule has 4 amide bonds. The maximum absolute atomic E-state index is 13.0. The van der Waals surface area contributed by atoms with Gasteiger partial charge < -0.3 is 15.5 Å². The zero-order valence-electron chi connectivity index (χ0n) is 13.4. The minimum atomic E-state index is -0.568. The molecule has 0 aliphatic carbocycles. The highest BCUT2D eigenvalue weighted by Gasteiger charge is 2.16. The van der Waals surface area contributed by atoms with Crippen molar-refractivity contribution in [1.82, 2.24) is 10.6 Å². The molecule has 126 valence electrons. The number of likely N-dealkylation sites (N-methyl/N-ethyl adjacent to an activating group) is 1. The largest absolute Gasteiger partial charge is 0.336 e. The Labute approximate surface area is 134 Å². The Kier molecular flexibility index (Phi) is 7.14. The molecule has 1 aromatic rings. The van der Waals surface area contributed by atoms with E-state index in [2.05, 4.69) is 16.0 Å². The molecule has 0 aromatic heterocycles. The number of nitrogens with one attached hydrogen (secondary N) is 4. The third-order valence-corrected chi connectivity index (χ3v) is 2.71. The van der Waals surface area contributed by atoms with E-state index in [1.54, 1.807) is 27.0 Å². The van der Waals surface area contributed by atoms with Gasteiger partial charge in [-0.25, -0.2) is 9.18 Å². The van der Waals surface area contributed by atoms with Crippen molar-refractivity contribution in [2.24, 2.45) is 0 Å². The normalized spacial score (nSPS) is 11.7. The topological polar surface area (TPSA) is 91.7 Å². The van der Waals surface area contributed by atoms with E-state index in [1.807, 2.05) is 0 Å². The molecule has 4 N–H and O–H groups in total. The predicted octanol–water partition coefficient (Wildman–Crippen LogP) is -0.487. The summed E-state index contributed by atoms with van der Waals surface area (Å²) in [6.45, 7) is 3.52. The lowest BCUT2D eigenvalue weighted by atomic mass is 10.3. The number of halogens is 1. The molecule has 0 aliphatic heterocycles. The van der Waals surface area contributed by atoms with Gasteiger partial charge >= 0.3 is 6.03 Å². The minimum absolute atomic E-state index is 0.00966. The fourth-order valence-electron chi connectivity index (χ4n) is 1.85. The SMILES string of the molecule is CC(C)NC(=O)NC(=O)C[NH+](C)CC(=O)Nc1cccc(F)c1. The van der Waals surface area contributed by atoms with Crippen LogP contribution in [0.2, 0.25) is 0 Å². The van der Waals surface area contributed by atoms with Crippen LogP contribution in [0.5, 0.6) is 0 Å². The van der Waals surface area contributed by atoms with Crippen molar-refractivity contribution in [3.8, 4) is 0 Å². The molecule has 0 fully saturated rings. The second kappa shape index (κ2) is 8.84. The van der Waals surface area contributed by atoms with Crippen molar-refractivity contribution < 1.29 is 23.7 Å². The summed E-state index contributed by atoms with van der Waals surface area (Å²) in [6, 6.07) is 4.89. The van der Waals surface area contributed by atoms with E-state index >= 15 is 0 Å². The van der Waals surface area contributed by atoms with Gasteiger partial charge in [0.2, 0.25) is 0 Å². The molecule has 7 nitrogen and oxygen atoms in total. The van der Waals surface area contributed by atoms with E-state index in [-0.39, 0.29) is 25.0 Å². The third-order valence-electron chi connectivity index (χ3n) is 2.71. The molecule has 1 atom stereocenters. The molecule has 1 rings (SSSR count). The Balaban J connectivity index is 2.37. The number of imide groups is 1. The van der Waals surface area contributed by atoms with Gasteiger partial charge in [-0.15, -0.1) is 0 Å². The molecular formula is C15H22FN4O3+. The van der Waals surface area contributed by atoms with Gasteiger partial charge in [0.05, 0.1) is 7.05 Å². The number of anilines is 1. The van der Waals surface area contributed by atoms with Gasteiger partial charge in [-0.2, -0.15) is 0 Å². The second-order valence-electron chi connectivity index (χ2n) is 5.55. The number of amides is 4. The number of carbonyl (C=O) groups excluding carboxylic acids is 3. The first-order chi connectivity index (χ1) is 10.8. The number of urea groups is 1. The van der Waals surface area contributed by atoms with Crippen molar-refractivity contribution in [2.75, 3.05) is 25.5 Å². The maximum atomic E-state index is 13.0. The van der Waals surface area contributed by atoms with Crippen LogP contribution in [-0.4, -0.2) is 44.0 Å². The van der Waals surface area contributed by atoms with Crippen LogP contribution >= 0.6 is 0 Å². The molecule has 0 saturated carbocycles. The first-order valence-corrected chi connectivity index (χ1v) is 7.23. The van der Waals surface area contributed by atoms with E-state index in [0.29, 0.717) is 10.6 Å². The molecule has 0 heterocycles. The van der Waals surface area contributed by atoms with E-state index in [0.717, 1.165) is 0 Å². The number of hydrogen-bond acceptors (Lipinski definition) is 3. The summed E-state index contributed by atoms with van der Waals surface area (Å²) >= 11 is 0. The Hall–Kier alpha value is -2.48. The fourth-order valence-corrected chi connectivity index (χ4v) is 1.85. The van der Waals surface area contributed by atoms with Crippen molar-refractivity contribution in [1.29, 1.82) is 0 Å². The van der Waals surface area contributed by atoms with E-state index in [4.69, 9.17) is 0 Å². The quantitative estimate of drug-likeness (QED) is 0.569. The highest BCUT2D eigenvalue weighted by atomic mass is 19.1. The van der Waals surface area contributed by atoms with Crippen molar-refractivity contribution in [3.05, 3.63) is 30.1 Å². The van der Waals surface area contributed by atoms with Crippen LogP contribution in [0.25, 0.3) is 0 Å². The summed E-state index contributed by atoms with van der Waals surface area (Å²) < 4.78 is 13.0. The lowest BCUT2D eigenvalue weighted by Gasteiger charge is -2.14. The van der Waals surface area contributed by atoms with Crippen LogP contribution in [0.4, 0.5) is 14.9 Å². The second-order valence-corrected chi connectivity index (χ2v) is 5.55. The summed E-state index contributed by atoms with van der Waals surface area (Å²) in [7, 11) is 1.64. The smallest absolute Gasteiger partial charge is 0.321 e. The standard InChI is InChI=1S/C15H21FN4O3/c1-10(2)17-15(23)19-14(22)9-20(3)8-13(21)18-12-6-4-5-11(16)7-12/h4-7,10H,8-9H2,1-3H3,(H,18,21)(H2,17,19,22,23)/p+1. The molecule has 0 spiro atoms. The first kappa shape index (κ1) is 18.6. The average Bonchev–Trinajstić information content (AvgIpc) is 2.36. The van der Waals surface area contributed by atoms with Crippen LogP contribution in [0, 0.1) is 5.82 Å². The lowest BCUT2D eigenvalue weighted by Crippen LogP contribution is -3.11. The number of hydrogen-bond donors (Lipinski definition) is 4. The Morgan fingerprint density at radius 2 is 1.83 bits per heavy atom. The molecule has 0 aliphatic rings. The van der Waals surface area contributed by atoms with Gasteiger partial charge in [-0.05, 0) is 32.0 Å². The summed E-state index contributed by atoms with van der Waals surface area (Å²) in [6.07, 6.45) is 0. The Morgan fingerprint density at radius 3 is 2.43 bits per heavy atom. The summed E-state index contributed by atoms with van der Waals surface area (Å²) in [5.74, 6) is -1.29. The van der Waals surface area contributed by atoms with Crippen molar-refractivity contribution in [2.45, 2.75) is 19.9 Å². The van der Waals surface area contributed by atoms with Crippen LogP contribution in [0.15, 0.2) is 24.3 Å². The van der Waals surface area contributed by atoms with Gasteiger partial charge in [-0.3, -0.25) is 14.9 Å². The van der Waals surface area contributed by atoms with Gasteiger partial charge in [0.15, 0.2) is 13.1 Å². The van der Waals surface area contributed by atoms with Gasteiger partial charge in [0, 0.05) is 11.7 Å². The Bertz CT molecular complexity index is 578. The number of quaternary nitrogens is 1. The van der Waals surface area contributed by atoms with Crippen molar-refractivity contribution in [3.63, 3.8) is 0 Å². The van der Waals surface area contributed by atoms with Crippen LogP contribution < -0.4 is 20.9 Å². The van der Waals surface area contributed by atoms with Gasteiger partial charge in [0.25, 0.3) is 11.8 Å². The molecular weight excluding hydrogens is 303 g/mol. The lowest BCUT2D eigenvalue weighted by molar-refractivity contribution is -0.862. The fraction of sp³-hybridized carbons (Fsp3) is 0.400. The number of carbonyl (C=O) groups is 3. The molecule has 0 saturated heterocycles. The van der Waals surface area contributed by atoms with E-state index in [1.165, 1.54) is 18.2 Å². The van der Waals surface area contributed by atoms with Gasteiger partial charge in [0.1, 0.15) is 5.82 Å². The molecule has 8 heteroatoms. The maximum Gasteiger partial charge on any atom is 0.321 e. The predicted molar refractivity (Wildman–Crippen MR) is 83.5 cm³/mol. The zero-order valence-corrected chi connectivity index (χ0v) is 13.4. The number of benzene rings is 1. The molecule has 0 radical (unpaired) electrons. The summed E-state index contributed by atoms with van der Waals surface area (Å²) in [5, 5.41) is 7.26. The zero-order chi connectivity index (χ0) is 17.4. The van der Waals surface area contributed by atoms with Crippen LogP contribution in [0.1, 0.15) is 13.8 Å². The summed E-state index contributed by atoms with van der Waals surface area (Å²) in [4.78, 5) is 35.4. The third kappa shape index (κ3) is 7.91. The van der Waals surface area contributed by atoms with E-state index in [9.17, 15) is 18.8 Å². The monoisotopic (exact) mass is 325 g/mol. The highest BCUT2D eigenvalue weighted by Crippen LogP contribution is 2.08. The van der Waals surface area contributed by atoms with Crippen LogP contribution in [-0.2, 0) is 9.59 Å². The summed E-state index contributed by atoms with van der Waals surface area (Å²) in [5.41, 5.74) is 0.351. The van der Waals surface area contributed by atoms with Gasteiger partial charge in [-0.1, -0.05) is 6.07 Å². The van der Waals surface area contributed by atoms with Crippen LogP contribution in [0.3, 0.4) is 0 Å². The molecule has 23 heavy (non-hydrogen) atoms. The molecule has 1 unspecified atom stereocenters. The first-order valence-electron chi connectivity index (χ1n) is 7.23. The molecule has 1 aromatic carbocycles. The Morgan fingerprint density at radius 1 is 1.17 bits per heavy atom.